The van der Waals surface area contributed by atoms with Crippen molar-refractivity contribution in [3.63, 3.8) is 0 Å². The molecule has 20 heavy (non-hydrogen) atoms. The SMILES string of the molecule is COc1cc2nc(N)c(C3CCCC3)nc2cc1OC. The Morgan fingerprint density at radius 1 is 1.00 bits per heavy atom. The number of nitrogens with two attached hydrogens (primary N) is 1. The normalized spacial score (nSPS) is 15.7. The second-order valence-electron chi connectivity index (χ2n) is 5.17. The third-order valence-corrected chi connectivity index (χ3v) is 3.97. The van der Waals surface area contributed by atoms with Crippen LogP contribution in [0.4, 0.5) is 5.82 Å². The molecule has 0 spiro atoms. The van der Waals surface area contributed by atoms with Crippen LogP contribution in [0, 0.1) is 0 Å². The highest BCUT2D eigenvalue weighted by molar-refractivity contribution is 5.80. The lowest BCUT2D eigenvalue weighted by molar-refractivity contribution is 0.355. The number of nitrogen functional groups attached to an aromatic ring is 1. The Hall–Kier alpha value is -2.04. The van der Waals surface area contributed by atoms with Crippen LogP contribution in [0.25, 0.3) is 11.0 Å². The van der Waals surface area contributed by atoms with Crippen molar-refractivity contribution >= 4 is 16.9 Å². The maximum absolute atomic E-state index is 6.08. The van der Waals surface area contributed by atoms with Gasteiger partial charge in [-0.25, -0.2) is 9.97 Å². The van der Waals surface area contributed by atoms with Gasteiger partial charge in [0.25, 0.3) is 0 Å². The molecule has 0 unspecified atom stereocenters. The maximum Gasteiger partial charge on any atom is 0.163 e. The van der Waals surface area contributed by atoms with Crippen LogP contribution in [-0.4, -0.2) is 24.2 Å². The van der Waals surface area contributed by atoms with Gasteiger partial charge in [-0.2, -0.15) is 0 Å². The number of ether oxygens (including phenoxy) is 2. The van der Waals surface area contributed by atoms with Crippen molar-refractivity contribution in [2.24, 2.45) is 0 Å². The van der Waals surface area contributed by atoms with E-state index in [9.17, 15) is 0 Å². The minimum atomic E-state index is 0.444. The average Bonchev–Trinajstić information content (AvgIpc) is 2.99. The molecule has 0 saturated heterocycles. The largest absolute Gasteiger partial charge is 0.493 e. The third kappa shape index (κ3) is 2.13. The average molecular weight is 273 g/mol. The summed E-state index contributed by atoms with van der Waals surface area (Å²) in [6.45, 7) is 0. The number of nitrogens with zero attached hydrogens (tertiary/aromatic N) is 2. The summed E-state index contributed by atoms with van der Waals surface area (Å²) in [6, 6.07) is 3.68. The van der Waals surface area contributed by atoms with Gasteiger partial charge >= 0.3 is 0 Å². The summed E-state index contributed by atoms with van der Waals surface area (Å²) in [5.74, 6) is 2.29. The molecule has 1 aromatic carbocycles. The Labute approximate surface area is 118 Å². The van der Waals surface area contributed by atoms with Crippen molar-refractivity contribution in [2.45, 2.75) is 31.6 Å². The van der Waals surface area contributed by atoms with E-state index in [-0.39, 0.29) is 0 Å². The fourth-order valence-corrected chi connectivity index (χ4v) is 2.91. The van der Waals surface area contributed by atoms with E-state index in [0.717, 1.165) is 29.6 Å². The number of aromatic nitrogens is 2. The Bertz CT molecular complexity index is 637. The first-order valence-electron chi connectivity index (χ1n) is 6.92. The quantitative estimate of drug-likeness (QED) is 0.931. The molecule has 1 saturated carbocycles. The molecule has 0 atom stereocenters. The fraction of sp³-hybridized carbons (Fsp3) is 0.467. The van der Waals surface area contributed by atoms with Gasteiger partial charge in [-0.1, -0.05) is 12.8 Å². The lowest BCUT2D eigenvalue weighted by Crippen LogP contribution is -2.06. The van der Waals surface area contributed by atoms with Crippen molar-refractivity contribution in [1.82, 2.24) is 9.97 Å². The minimum Gasteiger partial charge on any atom is -0.493 e. The van der Waals surface area contributed by atoms with E-state index in [1.165, 1.54) is 12.8 Å². The van der Waals surface area contributed by atoms with Crippen molar-refractivity contribution in [3.8, 4) is 11.5 Å². The summed E-state index contributed by atoms with van der Waals surface area (Å²) in [6.07, 6.45) is 4.79. The summed E-state index contributed by atoms with van der Waals surface area (Å²) in [7, 11) is 3.22. The first kappa shape index (κ1) is 13.0. The van der Waals surface area contributed by atoms with Crippen molar-refractivity contribution in [2.75, 3.05) is 20.0 Å². The minimum absolute atomic E-state index is 0.444. The Balaban J connectivity index is 2.13. The molecular formula is C15H19N3O2. The molecule has 1 aromatic heterocycles. The number of hydrogen-bond acceptors (Lipinski definition) is 5. The van der Waals surface area contributed by atoms with E-state index in [2.05, 4.69) is 4.98 Å². The summed E-state index contributed by atoms with van der Waals surface area (Å²) in [5, 5.41) is 0. The molecule has 1 heterocycles. The van der Waals surface area contributed by atoms with Gasteiger partial charge in [0.15, 0.2) is 11.5 Å². The van der Waals surface area contributed by atoms with E-state index < -0.39 is 0 Å². The van der Waals surface area contributed by atoms with Gasteiger partial charge in [0.2, 0.25) is 0 Å². The summed E-state index contributed by atoms with van der Waals surface area (Å²) >= 11 is 0. The molecule has 0 aliphatic heterocycles. The van der Waals surface area contributed by atoms with Crippen LogP contribution in [0.5, 0.6) is 11.5 Å². The first-order valence-corrected chi connectivity index (χ1v) is 6.92. The van der Waals surface area contributed by atoms with Crippen LogP contribution in [0.1, 0.15) is 37.3 Å². The van der Waals surface area contributed by atoms with E-state index in [4.69, 9.17) is 20.2 Å². The Kier molecular flexibility index (Phi) is 3.34. The first-order chi connectivity index (χ1) is 9.72. The molecule has 0 amide bonds. The summed E-state index contributed by atoms with van der Waals surface area (Å²) in [4.78, 5) is 9.20. The molecule has 0 bridgehead atoms. The van der Waals surface area contributed by atoms with Crippen LogP contribution in [0.15, 0.2) is 12.1 Å². The Morgan fingerprint density at radius 2 is 1.55 bits per heavy atom. The molecule has 1 fully saturated rings. The van der Waals surface area contributed by atoms with Gasteiger partial charge in [0.05, 0.1) is 30.9 Å². The second kappa shape index (κ2) is 5.15. The van der Waals surface area contributed by atoms with Crippen LogP contribution >= 0.6 is 0 Å². The molecule has 1 aliphatic carbocycles. The van der Waals surface area contributed by atoms with Gasteiger partial charge in [0, 0.05) is 18.1 Å². The molecule has 106 valence electrons. The molecule has 2 aromatic rings. The number of hydrogen-bond donors (Lipinski definition) is 1. The maximum atomic E-state index is 6.08. The predicted molar refractivity (Wildman–Crippen MR) is 78.3 cm³/mol. The molecule has 3 rings (SSSR count). The highest BCUT2D eigenvalue weighted by atomic mass is 16.5. The van der Waals surface area contributed by atoms with Crippen molar-refractivity contribution in [3.05, 3.63) is 17.8 Å². The summed E-state index contributed by atoms with van der Waals surface area (Å²) in [5.41, 5.74) is 8.56. The number of methoxy groups -OCH3 is 2. The molecule has 2 N–H and O–H groups in total. The van der Waals surface area contributed by atoms with E-state index in [0.29, 0.717) is 23.2 Å². The zero-order valence-electron chi connectivity index (χ0n) is 11.8. The van der Waals surface area contributed by atoms with Crippen molar-refractivity contribution in [1.29, 1.82) is 0 Å². The van der Waals surface area contributed by atoms with E-state index in [1.807, 2.05) is 12.1 Å². The fourth-order valence-electron chi connectivity index (χ4n) is 2.91. The zero-order chi connectivity index (χ0) is 14.1. The molecular weight excluding hydrogens is 254 g/mol. The molecule has 5 heteroatoms. The lowest BCUT2D eigenvalue weighted by Gasteiger charge is -2.13. The smallest absolute Gasteiger partial charge is 0.163 e. The van der Waals surface area contributed by atoms with E-state index >= 15 is 0 Å². The van der Waals surface area contributed by atoms with Crippen LogP contribution < -0.4 is 15.2 Å². The lowest BCUT2D eigenvalue weighted by atomic mass is 10.0. The highest BCUT2D eigenvalue weighted by Crippen LogP contribution is 2.37. The van der Waals surface area contributed by atoms with Gasteiger partial charge in [-0.3, -0.25) is 0 Å². The number of fused-ring (bicyclic) bond motifs is 1. The predicted octanol–water partition coefficient (Wildman–Crippen LogP) is 2.89. The molecule has 5 nitrogen and oxygen atoms in total. The van der Waals surface area contributed by atoms with Gasteiger partial charge in [-0.15, -0.1) is 0 Å². The van der Waals surface area contributed by atoms with Gasteiger partial charge in [0.1, 0.15) is 5.82 Å². The van der Waals surface area contributed by atoms with Gasteiger partial charge < -0.3 is 15.2 Å². The standard InChI is InChI=1S/C15H19N3O2/c1-19-12-7-10-11(8-13(12)20-2)18-15(16)14(17-10)9-5-3-4-6-9/h7-9H,3-6H2,1-2H3,(H2,16,18). The zero-order valence-corrected chi connectivity index (χ0v) is 11.8. The molecule has 0 radical (unpaired) electrons. The third-order valence-electron chi connectivity index (χ3n) is 3.97. The summed E-state index contributed by atoms with van der Waals surface area (Å²) < 4.78 is 10.6. The van der Waals surface area contributed by atoms with E-state index in [1.54, 1.807) is 14.2 Å². The number of anilines is 1. The number of rotatable bonds is 3. The van der Waals surface area contributed by atoms with Crippen LogP contribution in [0.2, 0.25) is 0 Å². The van der Waals surface area contributed by atoms with Crippen molar-refractivity contribution < 1.29 is 9.47 Å². The number of benzene rings is 1. The second-order valence-corrected chi connectivity index (χ2v) is 5.17. The van der Waals surface area contributed by atoms with Gasteiger partial charge in [-0.05, 0) is 12.8 Å². The van der Waals surface area contributed by atoms with Crippen LogP contribution in [-0.2, 0) is 0 Å². The topological polar surface area (TPSA) is 70.3 Å². The monoisotopic (exact) mass is 273 g/mol. The molecule has 1 aliphatic rings. The Morgan fingerprint density at radius 3 is 2.10 bits per heavy atom. The van der Waals surface area contributed by atoms with Crippen LogP contribution in [0.3, 0.4) is 0 Å². The highest BCUT2D eigenvalue weighted by Gasteiger charge is 2.22.